The lowest BCUT2D eigenvalue weighted by Crippen LogP contribution is -2.28. The molecule has 1 fully saturated rings. The van der Waals surface area contributed by atoms with Crippen molar-refractivity contribution in [2.45, 2.75) is 56.5 Å². The molecule has 0 aromatic carbocycles. The van der Waals surface area contributed by atoms with Crippen LogP contribution in [0.5, 0.6) is 0 Å². The molecule has 6 heteroatoms. The van der Waals surface area contributed by atoms with E-state index in [1.54, 1.807) is 6.07 Å². The third kappa shape index (κ3) is 3.35. The van der Waals surface area contributed by atoms with Crippen molar-refractivity contribution < 1.29 is 9.32 Å². The van der Waals surface area contributed by atoms with Gasteiger partial charge in [0.15, 0.2) is 5.66 Å². The van der Waals surface area contributed by atoms with Crippen molar-refractivity contribution >= 4 is 5.91 Å². The number of nitrogens with one attached hydrogen (secondary N) is 1. The molecule has 0 bridgehead atoms. The highest BCUT2D eigenvalue weighted by atomic mass is 16.5. The van der Waals surface area contributed by atoms with Gasteiger partial charge in [0.2, 0.25) is 5.76 Å². The molecule has 3 rings (SSSR count). The van der Waals surface area contributed by atoms with Crippen LogP contribution in [0.4, 0.5) is 0 Å². The highest BCUT2D eigenvalue weighted by molar-refractivity contribution is 5.91. The Kier molecular flexibility index (Phi) is 4.23. The third-order valence-electron chi connectivity index (χ3n) is 4.39. The summed E-state index contributed by atoms with van der Waals surface area (Å²) in [5, 5.41) is 14.9. The van der Waals surface area contributed by atoms with Crippen LogP contribution in [0.2, 0.25) is 0 Å². The molecular formula is C16H20N4O2. The highest BCUT2D eigenvalue weighted by Crippen LogP contribution is 2.36. The zero-order valence-corrected chi connectivity index (χ0v) is 12.5. The molecule has 1 aromatic heterocycles. The van der Waals surface area contributed by atoms with Gasteiger partial charge in [0.05, 0.1) is 5.69 Å². The minimum Gasteiger partial charge on any atom is -0.351 e. The van der Waals surface area contributed by atoms with Gasteiger partial charge >= 0.3 is 0 Å². The first-order chi connectivity index (χ1) is 10.7. The molecular weight excluding hydrogens is 280 g/mol. The van der Waals surface area contributed by atoms with Crippen LogP contribution in [0.15, 0.2) is 20.8 Å². The Morgan fingerprint density at radius 3 is 2.86 bits per heavy atom. The lowest BCUT2D eigenvalue weighted by atomic mass is 10.0. The largest absolute Gasteiger partial charge is 0.351 e. The van der Waals surface area contributed by atoms with Crippen LogP contribution in [-0.4, -0.2) is 23.3 Å². The predicted molar refractivity (Wildman–Crippen MR) is 80.3 cm³/mol. The van der Waals surface area contributed by atoms with E-state index < -0.39 is 0 Å². The molecule has 0 radical (unpaired) electrons. The molecule has 1 aliphatic carbocycles. The second-order valence-electron chi connectivity index (χ2n) is 5.99. The third-order valence-corrected chi connectivity index (χ3v) is 4.39. The summed E-state index contributed by atoms with van der Waals surface area (Å²) in [6, 6.07) is 1.77. The summed E-state index contributed by atoms with van der Waals surface area (Å²) in [5.74, 6) is 3.08. The van der Waals surface area contributed by atoms with E-state index in [2.05, 4.69) is 26.6 Å². The standard InChI is InChI=1S/C16H20N4O2/c1-2-3-8-16(19-20-16)9-10-17-15(21)14-11-13(18-22-14)12-6-4-5-7-12/h1,11-12H,3-10H2,(H,17,21). The van der Waals surface area contributed by atoms with Gasteiger partial charge < -0.3 is 9.84 Å². The molecule has 0 atom stereocenters. The fraction of sp³-hybridized carbons (Fsp3) is 0.625. The van der Waals surface area contributed by atoms with Gasteiger partial charge in [-0.3, -0.25) is 4.79 Å². The number of amides is 1. The Bertz CT molecular complexity index is 602. The van der Waals surface area contributed by atoms with Crippen molar-refractivity contribution in [1.82, 2.24) is 10.5 Å². The van der Waals surface area contributed by atoms with Gasteiger partial charge in [0.25, 0.3) is 5.91 Å². The Labute approximate surface area is 129 Å². The Morgan fingerprint density at radius 2 is 2.18 bits per heavy atom. The Morgan fingerprint density at radius 1 is 1.41 bits per heavy atom. The molecule has 1 N–H and O–H groups in total. The maximum Gasteiger partial charge on any atom is 0.289 e. The van der Waals surface area contributed by atoms with E-state index in [0.29, 0.717) is 25.3 Å². The number of terminal acetylenes is 1. The van der Waals surface area contributed by atoms with Crippen LogP contribution in [0.1, 0.15) is 67.1 Å². The van der Waals surface area contributed by atoms with E-state index in [4.69, 9.17) is 10.9 Å². The van der Waals surface area contributed by atoms with Crippen molar-refractivity contribution in [1.29, 1.82) is 0 Å². The van der Waals surface area contributed by atoms with E-state index in [-0.39, 0.29) is 17.3 Å². The predicted octanol–water partition coefficient (Wildman–Crippen LogP) is 3.03. The van der Waals surface area contributed by atoms with Crippen LogP contribution >= 0.6 is 0 Å². The van der Waals surface area contributed by atoms with Crippen LogP contribution in [-0.2, 0) is 0 Å². The number of nitrogens with zero attached hydrogens (tertiary/aromatic N) is 3. The number of carbonyl (C=O) groups excluding carboxylic acids is 1. The SMILES string of the molecule is C#CCCC1(CCNC(=O)c2cc(C3CCCC3)no2)N=N1. The summed E-state index contributed by atoms with van der Waals surface area (Å²) in [6.45, 7) is 0.496. The second kappa shape index (κ2) is 6.30. The Hall–Kier alpha value is -2.16. The topological polar surface area (TPSA) is 79.9 Å². The van der Waals surface area contributed by atoms with Gasteiger partial charge in [-0.25, -0.2) is 0 Å². The normalized spacial score (nSPS) is 19.0. The van der Waals surface area contributed by atoms with Gasteiger partial charge in [-0.1, -0.05) is 18.0 Å². The smallest absolute Gasteiger partial charge is 0.289 e. The van der Waals surface area contributed by atoms with Crippen molar-refractivity contribution in [2.24, 2.45) is 10.2 Å². The summed E-state index contributed by atoms with van der Waals surface area (Å²) < 4.78 is 5.17. The van der Waals surface area contributed by atoms with Crippen molar-refractivity contribution in [3.63, 3.8) is 0 Å². The number of aromatic nitrogens is 1. The average molecular weight is 300 g/mol. The minimum atomic E-state index is -0.365. The fourth-order valence-corrected chi connectivity index (χ4v) is 2.94. The van der Waals surface area contributed by atoms with E-state index >= 15 is 0 Å². The summed E-state index contributed by atoms with van der Waals surface area (Å²) in [4.78, 5) is 12.1. The molecule has 6 nitrogen and oxygen atoms in total. The molecule has 1 amide bonds. The first-order valence-electron chi connectivity index (χ1n) is 7.85. The maximum atomic E-state index is 12.1. The molecule has 1 aromatic rings. The summed E-state index contributed by atoms with van der Waals surface area (Å²) in [7, 11) is 0. The van der Waals surface area contributed by atoms with Gasteiger partial charge in [-0.15, -0.1) is 12.3 Å². The Balaban J connectivity index is 1.45. The lowest BCUT2D eigenvalue weighted by Gasteiger charge is -2.08. The molecule has 0 saturated heterocycles. The zero-order chi connectivity index (χ0) is 15.4. The van der Waals surface area contributed by atoms with Crippen LogP contribution < -0.4 is 5.32 Å². The molecule has 1 aliphatic heterocycles. The number of rotatable bonds is 7. The van der Waals surface area contributed by atoms with Crippen LogP contribution in [0.3, 0.4) is 0 Å². The van der Waals surface area contributed by atoms with Crippen molar-refractivity contribution in [2.75, 3.05) is 6.54 Å². The molecule has 2 heterocycles. The second-order valence-corrected chi connectivity index (χ2v) is 5.99. The molecule has 1 saturated carbocycles. The molecule has 0 unspecified atom stereocenters. The molecule has 22 heavy (non-hydrogen) atoms. The summed E-state index contributed by atoms with van der Waals surface area (Å²) >= 11 is 0. The van der Waals surface area contributed by atoms with E-state index in [0.717, 1.165) is 25.0 Å². The average Bonchev–Trinajstić information content (AvgIpc) is 2.98. The first-order valence-corrected chi connectivity index (χ1v) is 7.85. The van der Waals surface area contributed by atoms with E-state index in [1.807, 2.05) is 0 Å². The summed E-state index contributed by atoms with van der Waals surface area (Å²) in [6.07, 6.45) is 12.0. The van der Waals surface area contributed by atoms with Gasteiger partial charge in [0, 0.05) is 37.8 Å². The first kappa shape index (κ1) is 14.8. The van der Waals surface area contributed by atoms with Crippen LogP contribution in [0, 0.1) is 12.3 Å². The molecule has 116 valence electrons. The van der Waals surface area contributed by atoms with E-state index in [9.17, 15) is 4.79 Å². The lowest BCUT2D eigenvalue weighted by molar-refractivity contribution is 0.0915. The number of hydrogen-bond acceptors (Lipinski definition) is 5. The maximum absolute atomic E-state index is 12.1. The number of carbonyl (C=O) groups is 1. The van der Waals surface area contributed by atoms with Crippen molar-refractivity contribution in [3.8, 4) is 12.3 Å². The molecule has 0 spiro atoms. The quantitative estimate of drug-likeness (QED) is 0.786. The fourth-order valence-electron chi connectivity index (χ4n) is 2.94. The minimum absolute atomic E-state index is 0.232. The van der Waals surface area contributed by atoms with Gasteiger partial charge in [-0.05, 0) is 12.8 Å². The number of hydrogen-bond donors (Lipinski definition) is 1. The zero-order valence-electron chi connectivity index (χ0n) is 12.5. The van der Waals surface area contributed by atoms with Crippen LogP contribution in [0.25, 0.3) is 0 Å². The highest BCUT2D eigenvalue weighted by Gasteiger charge is 2.38. The molecule has 2 aliphatic rings. The van der Waals surface area contributed by atoms with Gasteiger partial charge in [0.1, 0.15) is 0 Å². The van der Waals surface area contributed by atoms with E-state index in [1.165, 1.54) is 12.8 Å². The van der Waals surface area contributed by atoms with Crippen molar-refractivity contribution in [3.05, 3.63) is 17.5 Å². The van der Waals surface area contributed by atoms with Gasteiger partial charge in [-0.2, -0.15) is 10.2 Å². The summed E-state index contributed by atoms with van der Waals surface area (Å²) in [5.41, 5.74) is 0.538. The monoisotopic (exact) mass is 300 g/mol.